The van der Waals surface area contributed by atoms with Crippen molar-refractivity contribution in [3.63, 3.8) is 0 Å². The van der Waals surface area contributed by atoms with Gasteiger partial charge in [0, 0.05) is 10.9 Å². The third-order valence-electron chi connectivity index (χ3n) is 3.88. The van der Waals surface area contributed by atoms with Crippen LogP contribution in [0.2, 0.25) is 0 Å². The lowest BCUT2D eigenvalue weighted by atomic mass is 10.0. The number of nitrogens with zero attached hydrogens (tertiary/aromatic N) is 2. The summed E-state index contributed by atoms with van der Waals surface area (Å²) in [6.07, 6.45) is 1.56. The maximum atomic E-state index is 12.5. The third kappa shape index (κ3) is 3.48. The first kappa shape index (κ1) is 16.0. The van der Waals surface area contributed by atoms with Gasteiger partial charge in [-0.25, -0.2) is 9.97 Å². The van der Waals surface area contributed by atoms with Crippen molar-refractivity contribution in [1.29, 1.82) is 0 Å². The number of benzene rings is 2. The largest absolute Gasteiger partial charge is 0.293 e. The van der Waals surface area contributed by atoms with Gasteiger partial charge in [0.1, 0.15) is 16.2 Å². The lowest BCUT2D eigenvalue weighted by molar-refractivity contribution is 0.102. The summed E-state index contributed by atoms with van der Waals surface area (Å²) in [4.78, 5) is 22.0. The van der Waals surface area contributed by atoms with Gasteiger partial charge in [0.25, 0.3) is 0 Å². The quantitative estimate of drug-likeness (QED) is 0.273. The summed E-state index contributed by atoms with van der Waals surface area (Å²) in [5.74, 6) is 0.471. The normalized spacial score (nSPS) is 10.9. The van der Waals surface area contributed by atoms with Crippen LogP contribution in [-0.2, 0) is 0 Å². The summed E-state index contributed by atoms with van der Waals surface area (Å²) in [5.41, 5.74) is 2.99. The van der Waals surface area contributed by atoms with Gasteiger partial charge in [-0.2, -0.15) is 0 Å². The molecule has 0 aliphatic carbocycles. The van der Waals surface area contributed by atoms with Gasteiger partial charge in [0.15, 0.2) is 5.78 Å². The van der Waals surface area contributed by atoms with Crippen molar-refractivity contribution >= 4 is 39.1 Å². The number of Topliss-reactive ketones (excluding diaryl/α,β-unsaturated/α-hetero) is 1. The molecular weight excluding hydrogens is 348 g/mol. The zero-order chi connectivity index (χ0) is 17.1. The fourth-order valence-electron chi connectivity index (χ4n) is 2.58. The molecule has 0 radical (unpaired) electrons. The Bertz CT molecular complexity index is 1010. The fraction of sp³-hybridized carbons (Fsp3) is 0.0500. The highest BCUT2D eigenvalue weighted by Gasteiger charge is 2.10. The molecule has 4 rings (SSSR count). The van der Waals surface area contributed by atoms with Crippen molar-refractivity contribution in [2.24, 2.45) is 0 Å². The van der Waals surface area contributed by atoms with E-state index in [0.29, 0.717) is 5.75 Å². The Kier molecular flexibility index (Phi) is 4.59. The minimum Gasteiger partial charge on any atom is -0.293 e. The van der Waals surface area contributed by atoms with Crippen LogP contribution in [0.4, 0.5) is 0 Å². The summed E-state index contributed by atoms with van der Waals surface area (Å²) in [5, 5.41) is 3.87. The van der Waals surface area contributed by atoms with Crippen LogP contribution in [-0.4, -0.2) is 21.5 Å². The molecular formula is C20H14N2OS2. The van der Waals surface area contributed by atoms with Gasteiger partial charge in [0.2, 0.25) is 0 Å². The number of thiophene rings is 1. The van der Waals surface area contributed by atoms with Crippen LogP contribution in [0, 0.1) is 0 Å². The van der Waals surface area contributed by atoms with Gasteiger partial charge in [-0.3, -0.25) is 4.79 Å². The van der Waals surface area contributed by atoms with Crippen LogP contribution >= 0.6 is 23.1 Å². The second-order valence-electron chi connectivity index (χ2n) is 5.47. The Balaban J connectivity index is 1.47. The molecule has 25 heavy (non-hydrogen) atoms. The van der Waals surface area contributed by atoms with Gasteiger partial charge in [-0.1, -0.05) is 66.4 Å². The van der Waals surface area contributed by atoms with E-state index in [1.807, 2.05) is 53.9 Å². The smallest absolute Gasteiger partial charge is 0.173 e. The average Bonchev–Trinajstić information content (AvgIpc) is 3.16. The van der Waals surface area contributed by atoms with Crippen LogP contribution in [0.3, 0.4) is 0 Å². The molecule has 2 aromatic carbocycles. The number of aromatic nitrogens is 2. The summed E-state index contributed by atoms with van der Waals surface area (Å²) in [7, 11) is 0. The molecule has 0 saturated heterocycles. The molecule has 0 fully saturated rings. The Labute approximate surface area is 153 Å². The molecule has 2 heterocycles. The number of carbonyl (C=O) groups excluding carboxylic acids is 1. The molecule has 0 bridgehead atoms. The monoisotopic (exact) mass is 362 g/mol. The van der Waals surface area contributed by atoms with Crippen LogP contribution in [0.1, 0.15) is 10.4 Å². The Morgan fingerprint density at radius 1 is 0.920 bits per heavy atom. The third-order valence-corrected chi connectivity index (χ3v) is 5.71. The molecule has 0 atom stereocenters. The number of hydrogen-bond acceptors (Lipinski definition) is 5. The molecule has 0 amide bonds. The predicted octanol–water partition coefficient (Wildman–Crippen LogP) is 5.33. The second-order valence-corrected chi connectivity index (χ2v) is 7.33. The van der Waals surface area contributed by atoms with Gasteiger partial charge in [0.05, 0.1) is 5.75 Å². The number of carbonyl (C=O) groups is 1. The van der Waals surface area contributed by atoms with Gasteiger partial charge in [-0.05, 0) is 22.6 Å². The summed E-state index contributed by atoms with van der Waals surface area (Å²) in [6.45, 7) is 0. The van der Waals surface area contributed by atoms with Crippen LogP contribution in [0.5, 0.6) is 0 Å². The molecule has 0 spiro atoms. The molecule has 5 heteroatoms. The number of rotatable bonds is 5. The molecule has 0 aliphatic rings. The number of fused-ring (bicyclic) bond motifs is 1. The number of ketones is 1. The maximum Gasteiger partial charge on any atom is 0.173 e. The lowest BCUT2D eigenvalue weighted by Gasteiger charge is -2.05. The fourth-order valence-corrected chi connectivity index (χ4v) is 4.25. The summed E-state index contributed by atoms with van der Waals surface area (Å²) < 4.78 is 0. The number of hydrogen-bond donors (Lipinski definition) is 0. The molecule has 4 aromatic rings. The molecule has 0 N–H and O–H groups in total. The highest BCUT2D eigenvalue weighted by Crippen LogP contribution is 2.28. The molecule has 3 nitrogen and oxygen atoms in total. The van der Waals surface area contributed by atoms with E-state index in [4.69, 9.17) is 0 Å². The number of thioether (sulfide) groups is 1. The van der Waals surface area contributed by atoms with E-state index in [-0.39, 0.29) is 5.78 Å². The minimum absolute atomic E-state index is 0.103. The van der Waals surface area contributed by atoms with Crippen molar-refractivity contribution < 1.29 is 4.79 Å². The van der Waals surface area contributed by atoms with E-state index in [0.717, 1.165) is 31.9 Å². The Morgan fingerprint density at radius 3 is 2.48 bits per heavy atom. The van der Waals surface area contributed by atoms with E-state index < -0.39 is 0 Å². The Morgan fingerprint density at radius 2 is 1.68 bits per heavy atom. The van der Waals surface area contributed by atoms with Crippen molar-refractivity contribution in [3.8, 4) is 11.1 Å². The van der Waals surface area contributed by atoms with Crippen molar-refractivity contribution in [2.75, 3.05) is 5.75 Å². The maximum absolute atomic E-state index is 12.5. The van der Waals surface area contributed by atoms with Gasteiger partial charge < -0.3 is 0 Å². The van der Waals surface area contributed by atoms with E-state index in [9.17, 15) is 4.79 Å². The van der Waals surface area contributed by atoms with E-state index in [1.165, 1.54) is 11.8 Å². The van der Waals surface area contributed by atoms with E-state index in [2.05, 4.69) is 22.1 Å². The van der Waals surface area contributed by atoms with Crippen LogP contribution < -0.4 is 0 Å². The second kappa shape index (κ2) is 7.17. The lowest BCUT2D eigenvalue weighted by Crippen LogP contribution is -2.02. The van der Waals surface area contributed by atoms with Gasteiger partial charge in [-0.15, -0.1) is 11.3 Å². The molecule has 2 aromatic heterocycles. The predicted molar refractivity (Wildman–Crippen MR) is 104 cm³/mol. The molecule has 122 valence electrons. The SMILES string of the molecule is O=C(CSc1ncnc2sccc12)c1ccc(-c2ccccc2)cc1. The van der Waals surface area contributed by atoms with E-state index in [1.54, 1.807) is 17.7 Å². The van der Waals surface area contributed by atoms with E-state index >= 15 is 0 Å². The van der Waals surface area contributed by atoms with Crippen LogP contribution in [0.15, 0.2) is 77.4 Å². The zero-order valence-electron chi connectivity index (χ0n) is 13.3. The highest BCUT2D eigenvalue weighted by atomic mass is 32.2. The van der Waals surface area contributed by atoms with Crippen molar-refractivity contribution in [1.82, 2.24) is 9.97 Å². The molecule has 0 saturated carbocycles. The standard InChI is InChI=1S/C20H14N2OS2/c23-18(12-25-20-17-10-11-24-19(17)21-13-22-20)16-8-6-15(7-9-16)14-4-2-1-3-5-14/h1-11,13H,12H2. The average molecular weight is 362 g/mol. The van der Waals surface area contributed by atoms with Crippen molar-refractivity contribution in [2.45, 2.75) is 5.03 Å². The first-order chi connectivity index (χ1) is 12.3. The van der Waals surface area contributed by atoms with Crippen LogP contribution in [0.25, 0.3) is 21.3 Å². The molecule has 0 aliphatic heterocycles. The Hall–Kier alpha value is -2.50. The zero-order valence-corrected chi connectivity index (χ0v) is 14.9. The first-order valence-electron chi connectivity index (χ1n) is 7.81. The summed E-state index contributed by atoms with van der Waals surface area (Å²) in [6, 6.07) is 19.9. The minimum atomic E-state index is 0.103. The highest BCUT2D eigenvalue weighted by molar-refractivity contribution is 8.00. The molecule has 0 unspecified atom stereocenters. The summed E-state index contributed by atoms with van der Waals surface area (Å²) >= 11 is 3.05. The van der Waals surface area contributed by atoms with Gasteiger partial charge >= 0.3 is 0 Å². The topological polar surface area (TPSA) is 42.9 Å². The first-order valence-corrected chi connectivity index (χ1v) is 9.67. The van der Waals surface area contributed by atoms with Crippen molar-refractivity contribution in [3.05, 3.63) is 77.9 Å².